The Labute approximate surface area is 153 Å². The van der Waals surface area contributed by atoms with Crippen LogP contribution in [0, 0.1) is 12.8 Å². The number of aromatic nitrogens is 2. The zero-order valence-electron chi connectivity index (χ0n) is 15.4. The molecule has 1 saturated carbocycles. The molecule has 7 heteroatoms. The van der Waals surface area contributed by atoms with Crippen molar-refractivity contribution < 1.29 is 14.7 Å². The van der Waals surface area contributed by atoms with Gasteiger partial charge in [-0.15, -0.1) is 0 Å². The second kappa shape index (κ2) is 6.21. The van der Waals surface area contributed by atoms with Crippen LogP contribution in [-0.4, -0.2) is 57.5 Å². The highest BCUT2D eigenvalue weighted by Crippen LogP contribution is 2.43. The van der Waals surface area contributed by atoms with Gasteiger partial charge in [-0.3, -0.25) is 9.59 Å². The Kier molecular flexibility index (Phi) is 4.12. The van der Waals surface area contributed by atoms with E-state index in [4.69, 9.17) is 4.98 Å². The van der Waals surface area contributed by atoms with Gasteiger partial charge in [0.25, 0.3) is 0 Å². The molecule has 1 aromatic rings. The van der Waals surface area contributed by atoms with Crippen LogP contribution in [-0.2, 0) is 9.59 Å². The summed E-state index contributed by atoms with van der Waals surface area (Å²) in [6, 6.07) is 2.09. The highest BCUT2D eigenvalue weighted by Gasteiger charge is 2.55. The minimum absolute atomic E-state index is 0.0649. The smallest absolute Gasteiger partial charge is 0.309 e. The number of nitrogens with zero attached hydrogens (tertiary/aromatic N) is 4. The van der Waals surface area contributed by atoms with Crippen LogP contribution >= 0.6 is 0 Å². The maximum Gasteiger partial charge on any atom is 0.309 e. The predicted octanol–water partition coefficient (Wildman–Crippen LogP) is 1.95. The number of amides is 1. The molecular formula is C19H26N4O3. The Morgan fingerprint density at radius 3 is 2.54 bits per heavy atom. The third kappa shape index (κ3) is 2.64. The lowest BCUT2D eigenvalue weighted by molar-refractivity contribution is -0.145. The molecule has 0 radical (unpaired) electrons. The average Bonchev–Trinajstić information content (AvgIpc) is 2.79. The van der Waals surface area contributed by atoms with Crippen LogP contribution in [0.1, 0.15) is 55.8 Å². The van der Waals surface area contributed by atoms with Crippen molar-refractivity contribution in [2.24, 2.45) is 5.92 Å². The molecule has 1 aliphatic carbocycles. The van der Waals surface area contributed by atoms with Crippen LogP contribution in [0.25, 0.3) is 0 Å². The van der Waals surface area contributed by atoms with E-state index < -0.39 is 17.4 Å². The van der Waals surface area contributed by atoms with Crippen LogP contribution in [0.3, 0.4) is 0 Å². The molecule has 0 aromatic carbocycles. The number of likely N-dealkylation sites (tertiary alicyclic amines) is 1. The third-order valence-corrected chi connectivity index (χ3v) is 6.67. The van der Waals surface area contributed by atoms with Gasteiger partial charge in [0.1, 0.15) is 0 Å². The SMILES string of the molecule is Cc1cc(C2CCC2)nc(N2CCC3(CC2)C(C(=O)O)CC(=O)N3C)n1. The third-order valence-electron chi connectivity index (χ3n) is 6.67. The number of aliphatic carboxylic acids is 1. The monoisotopic (exact) mass is 358 g/mol. The highest BCUT2D eigenvalue weighted by atomic mass is 16.4. The van der Waals surface area contributed by atoms with Gasteiger partial charge in [0, 0.05) is 43.9 Å². The van der Waals surface area contributed by atoms with Gasteiger partial charge < -0.3 is 14.9 Å². The number of carboxylic acid groups (broad SMARTS) is 1. The number of anilines is 1. The summed E-state index contributed by atoms with van der Waals surface area (Å²) in [5.41, 5.74) is 1.55. The van der Waals surface area contributed by atoms with Crippen molar-refractivity contribution in [3.05, 3.63) is 17.5 Å². The molecule has 2 saturated heterocycles. The Balaban J connectivity index is 1.54. The number of piperidine rings is 1. The van der Waals surface area contributed by atoms with Crippen LogP contribution < -0.4 is 4.90 Å². The minimum Gasteiger partial charge on any atom is -0.481 e. The fourth-order valence-corrected chi connectivity index (χ4v) is 4.71. The quantitative estimate of drug-likeness (QED) is 0.889. The van der Waals surface area contributed by atoms with Crippen molar-refractivity contribution >= 4 is 17.8 Å². The summed E-state index contributed by atoms with van der Waals surface area (Å²) in [6.45, 7) is 3.35. The molecule has 3 aliphatic rings. The lowest BCUT2D eigenvalue weighted by Gasteiger charge is -2.45. The van der Waals surface area contributed by atoms with Crippen molar-refractivity contribution in [2.45, 2.75) is 56.9 Å². The van der Waals surface area contributed by atoms with E-state index in [1.165, 1.54) is 19.3 Å². The Bertz CT molecular complexity index is 738. The molecule has 7 nitrogen and oxygen atoms in total. The number of aryl methyl sites for hydroxylation is 1. The van der Waals surface area contributed by atoms with E-state index in [2.05, 4.69) is 16.0 Å². The molecule has 1 N–H and O–H groups in total. The molecule has 1 spiro atoms. The van der Waals surface area contributed by atoms with E-state index in [9.17, 15) is 14.7 Å². The first-order valence-electron chi connectivity index (χ1n) is 9.51. The van der Waals surface area contributed by atoms with Gasteiger partial charge in [0.05, 0.1) is 11.5 Å². The molecule has 3 heterocycles. The molecule has 1 aromatic heterocycles. The Hall–Kier alpha value is -2.18. The first kappa shape index (κ1) is 17.2. The first-order chi connectivity index (χ1) is 12.4. The van der Waals surface area contributed by atoms with Crippen LogP contribution in [0.15, 0.2) is 6.07 Å². The molecule has 1 amide bonds. The number of rotatable bonds is 3. The molecule has 4 rings (SSSR count). The normalized spacial score (nSPS) is 25.6. The standard InChI is InChI=1S/C19H26N4O3/c1-12-10-15(13-4-3-5-13)21-18(20-12)23-8-6-19(7-9-23)14(17(25)26)11-16(24)22(19)2/h10,13-14H,3-9,11H2,1-2H3,(H,25,26). The number of carbonyl (C=O) groups excluding carboxylic acids is 1. The zero-order chi connectivity index (χ0) is 18.5. The molecule has 3 fully saturated rings. The van der Waals surface area contributed by atoms with Crippen molar-refractivity contribution in [1.29, 1.82) is 0 Å². The summed E-state index contributed by atoms with van der Waals surface area (Å²) in [6.07, 6.45) is 5.06. The lowest BCUT2D eigenvalue weighted by Crippen LogP contribution is -2.56. The second-order valence-electron chi connectivity index (χ2n) is 8.00. The van der Waals surface area contributed by atoms with Gasteiger partial charge in [-0.25, -0.2) is 9.97 Å². The topological polar surface area (TPSA) is 86.6 Å². The molecule has 2 aliphatic heterocycles. The van der Waals surface area contributed by atoms with Crippen molar-refractivity contribution in [1.82, 2.24) is 14.9 Å². The summed E-state index contributed by atoms with van der Waals surface area (Å²) < 4.78 is 0. The summed E-state index contributed by atoms with van der Waals surface area (Å²) in [5.74, 6) is -0.242. The number of hydrogen-bond acceptors (Lipinski definition) is 5. The number of carboxylic acids is 1. The van der Waals surface area contributed by atoms with E-state index in [1.807, 2.05) is 6.92 Å². The van der Waals surface area contributed by atoms with E-state index in [0.717, 1.165) is 17.3 Å². The summed E-state index contributed by atoms with van der Waals surface area (Å²) in [7, 11) is 1.75. The van der Waals surface area contributed by atoms with Crippen molar-refractivity contribution in [2.75, 3.05) is 25.0 Å². The Morgan fingerprint density at radius 1 is 1.27 bits per heavy atom. The van der Waals surface area contributed by atoms with Gasteiger partial charge in [-0.2, -0.15) is 0 Å². The van der Waals surface area contributed by atoms with E-state index in [-0.39, 0.29) is 12.3 Å². The maximum atomic E-state index is 12.1. The van der Waals surface area contributed by atoms with Gasteiger partial charge in [-0.1, -0.05) is 6.42 Å². The minimum atomic E-state index is -0.866. The van der Waals surface area contributed by atoms with Crippen LogP contribution in [0.4, 0.5) is 5.95 Å². The van der Waals surface area contributed by atoms with E-state index in [1.54, 1.807) is 11.9 Å². The summed E-state index contributed by atoms with van der Waals surface area (Å²) in [4.78, 5) is 37.1. The van der Waals surface area contributed by atoms with E-state index >= 15 is 0 Å². The summed E-state index contributed by atoms with van der Waals surface area (Å²) in [5, 5.41) is 9.60. The molecular weight excluding hydrogens is 332 g/mol. The van der Waals surface area contributed by atoms with Crippen LogP contribution in [0.5, 0.6) is 0 Å². The number of carbonyl (C=O) groups is 2. The maximum absolute atomic E-state index is 12.1. The van der Waals surface area contributed by atoms with Gasteiger partial charge >= 0.3 is 5.97 Å². The molecule has 1 unspecified atom stereocenters. The zero-order valence-corrected chi connectivity index (χ0v) is 15.4. The Morgan fingerprint density at radius 2 is 1.96 bits per heavy atom. The summed E-state index contributed by atoms with van der Waals surface area (Å²) >= 11 is 0. The average molecular weight is 358 g/mol. The van der Waals surface area contributed by atoms with Gasteiger partial charge in [-0.05, 0) is 38.7 Å². The van der Waals surface area contributed by atoms with Gasteiger partial charge in [0.2, 0.25) is 11.9 Å². The van der Waals surface area contributed by atoms with E-state index in [0.29, 0.717) is 31.8 Å². The molecule has 140 valence electrons. The van der Waals surface area contributed by atoms with Crippen LogP contribution in [0.2, 0.25) is 0 Å². The molecule has 26 heavy (non-hydrogen) atoms. The predicted molar refractivity (Wildman–Crippen MR) is 96.1 cm³/mol. The van der Waals surface area contributed by atoms with Crippen molar-refractivity contribution in [3.63, 3.8) is 0 Å². The largest absolute Gasteiger partial charge is 0.481 e. The molecule has 0 bridgehead atoms. The fraction of sp³-hybridized carbons (Fsp3) is 0.684. The number of hydrogen-bond donors (Lipinski definition) is 1. The highest BCUT2D eigenvalue weighted by molar-refractivity contribution is 5.88. The van der Waals surface area contributed by atoms with Gasteiger partial charge in [0.15, 0.2) is 0 Å². The lowest BCUT2D eigenvalue weighted by atomic mass is 9.77. The fourth-order valence-electron chi connectivity index (χ4n) is 4.71. The van der Waals surface area contributed by atoms with Crippen molar-refractivity contribution in [3.8, 4) is 0 Å². The first-order valence-corrected chi connectivity index (χ1v) is 9.51. The second-order valence-corrected chi connectivity index (χ2v) is 8.00. The molecule has 1 atom stereocenters.